The normalized spacial score (nSPS) is 10.6. The number of hydrogen-bond acceptors (Lipinski definition) is 5. The maximum atomic E-state index is 11.9. The van der Waals surface area contributed by atoms with Crippen molar-refractivity contribution in [2.24, 2.45) is 0 Å². The maximum absolute atomic E-state index is 11.9. The quantitative estimate of drug-likeness (QED) is 0.811. The van der Waals surface area contributed by atoms with Crippen molar-refractivity contribution in [3.8, 4) is 0 Å². The van der Waals surface area contributed by atoms with E-state index in [1.54, 1.807) is 45.0 Å². The van der Waals surface area contributed by atoms with Crippen LogP contribution in [0.4, 0.5) is 10.5 Å². The number of esters is 1. The monoisotopic (exact) mass is 322 g/mol. The third kappa shape index (κ3) is 6.82. The minimum Gasteiger partial charge on any atom is -0.465 e. The fraction of sp³-hybridized carbons (Fsp3) is 0.438. The van der Waals surface area contributed by atoms with Crippen molar-refractivity contribution in [3.63, 3.8) is 0 Å². The average molecular weight is 322 g/mol. The minimum atomic E-state index is -0.591. The van der Waals surface area contributed by atoms with Crippen molar-refractivity contribution >= 4 is 23.7 Å². The van der Waals surface area contributed by atoms with E-state index in [4.69, 9.17) is 4.74 Å². The number of benzene rings is 1. The van der Waals surface area contributed by atoms with Gasteiger partial charge in [0.25, 0.3) is 0 Å². The number of hydrogen-bond donors (Lipinski definition) is 2. The van der Waals surface area contributed by atoms with Crippen LogP contribution in [-0.2, 0) is 14.3 Å². The van der Waals surface area contributed by atoms with Crippen molar-refractivity contribution in [2.45, 2.75) is 32.8 Å². The average Bonchev–Trinajstić information content (AvgIpc) is 2.45. The second-order valence-corrected chi connectivity index (χ2v) is 5.76. The van der Waals surface area contributed by atoms with Crippen LogP contribution in [0.1, 0.15) is 37.6 Å². The highest BCUT2D eigenvalue weighted by Gasteiger charge is 2.16. The molecular weight excluding hydrogens is 300 g/mol. The van der Waals surface area contributed by atoms with E-state index in [9.17, 15) is 14.4 Å². The van der Waals surface area contributed by atoms with Crippen molar-refractivity contribution < 1.29 is 23.9 Å². The molecule has 0 aliphatic carbocycles. The number of methoxy groups -OCH3 is 1. The fourth-order valence-corrected chi connectivity index (χ4v) is 1.69. The van der Waals surface area contributed by atoms with Gasteiger partial charge in [0.05, 0.1) is 18.4 Å². The van der Waals surface area contributed by atoms with Crippen LogP contribution in [0.5, 0.6) is 0 Å². The lowest BCUT2D eigenvalue weighted by Crippen LogP contribution is -2.34. The zero-order chi connectivity index (χ0) is 17.5. The van der Waals surface area contributed by atoms with Crippen LogP contribution >= 0.6 is 0 Å². The van der Waals surface area contributed by atoms with Gasteiger partial charge < -0.3 is 20.1 Å². The number of alkyl carbamates (subject to hydrolysis) is 1. The van der Waals surface area contributed by atoms with Crippen molar-refractivity contribution in [1.29, 1.82) is 0 Å². The van der Waals surface area contributed by atoms with E-state index in [1.807, 2.05) is 0 Å². The topological polar surface area (TPSA) is 93.7 Å². The largest absolute Gasteiger partial charge is 0.465 e. The first-order valence-electron chi connectivity index (χ1n) is 7.17. The molecule has 0 aliphatic heterocycles. The molecule has 0 spiro atoms. The second kappa shape index (κ2) is 8.17. The Morgan fingerprint density at radius 2 is 1.78 bits per heavy atom. The van der Waals surface area contributed by atoms with E-state index in [2.05, 4.69) is 15.4 Å². The predicted molar refractivity (Wildman–Crippen MR) is 85.3 cm³/mol. The van der Waals surface area contributed by atoms with Gasteiger partial charge in [-0.1, -0.05) is 12.1 Å². The number of nitrogens with one attached hydrogen (secondary N) is 2. The molecule has 0 heterocycles. The van der Waals surface area contributed by atoms with Crippen LogP contribution in [0.15, 0.2) is 24.3 Å². The molecule has 126 valence electrons. The van der Waals surface area contributed by atoms with Crippen LogP contribution in [-0.4, -0.2) is 37.2 Å². The molecule has 0 aromatic heterocycles. The molecule has 23 heavy (non-hydrogen) atoms. The van der Waals surface area contributed by atoms with Gasteiger partial charge in [0.2, 0.25) is 5.91 Å². The van der Waals surface area contributed by atoms with Gasteiger partial charge in [0.15, 0.2) is 0 Å². The van der Waals surface area contributed by atoms with Gasteiger partial charge >= 0.3 is 12.1 Å². The molecule has 0 saturated carbocycles. The Hall–Kier alpha value is -2.57. The highest BCUT2D eigenvalue weighted by Crippen LogP contribution is 2.16. The molecule has 7 nitrogen and oxygen atoms in total. The molecule has 0 atom stereocenters. The fourth-order valence-electron chi connectivity index (χ4n) is 1.69. The van der Waals surface area contributed by atoms with Gasteiger partial charge in [-0.15, -0.1) is 0 Å². The first-order valence-corrected chi connectivity index (χ1v) is 7.17. The number of rotatable bonds is 5. The number of anilines is 1. The molecule has 0 saturated heterocycles. The predicted octanol–water partition coefficient (Wildman–Crippen LogP) is 2.33. The van der Waals surface area contributed by atoms with Crippen LogP contribution in [0.3, 0.4) is 0 Å². The zero-order valence-corrected chi connectivity index (χ0v) is 13.8. The molecule has 7 heteroatoms. The molecular formula is C16H22N2O5. The molecule has 0 aliphatic rings. The van der Waals surface area contributed by atoms with Gasteiger partial charge in [-0.05, 0) is 32.9 Å². The molecule has 2 N–H and O–H groups in total. The highest BCUT2D eigenvalue weighted by molar-refractivity contribution is 6.01. The summed E-state index contributed by atoms with van der Waals surface area (Å²) in [4.78, 5) is 34.9. The van der Waals surface area contributed by atoms with E-state index in [1.165, 1.54) is 7.11 Å². The molecule has 0 fully saturated rings. The SMILES string of the molecule is COC(=O)c1ccccc1NC(=O)CCNC(=O)OC(C)(C)C. The summed E-state index contributed by atoms with van der Waals surface area (Å²) >= 11 is 0. The Morgan fingerprint density at radius 3 is 2.39 bits per heavy atom. The van der Waals surface area contributed by atoms with E-state index >= 15 is 0 Å². The molecule has 1 aromatic rings. The lowest BCUT2D eigenvalue weighted by molar-refractivity contribution is -0.116. The van der Waals surface area contributed by atoms with Gasteiger partial charge in [-0.2, -0.15) is 0 Å². The Bertz CT molecular complexity index is 578. The summed E-state index contributed by atoms with van der Waals surface area (Å²) in [5.74, 6) is -0.870. The third-order valence-corrected chi connectivity index (χ3v) is 2.63. The van der Waals surface area contributed by atoms with E-state index < -0.39 is 17.7 Å². The van der Waals surface area contributed by atoms with Crippen molar-refractivity contribution in [3.05, 3.63) is 29.8 Å². The summed E-state index contributed by atoms with van der Waals surface area (Å²) in [7, 11) is 1.27. The molecule has 1 rings (SSSR count). The van der Waals surface area contributed by atoms with Crippen LogP contribution in [0, 0.1) is 0 Å². The zero-order valence-electron chi connectivity index (χ0n) is 13.8. The molecule has 2 amide bonds. The lowest BCUT2D eigenvalue weighted by atomic mass is 10.1. The standard InChI is InChI=1S/C16H22N2O5/c1-16(2,3)23-15(21)17-10-9-13(19)18-12-8-6-5-7-11(12)14(20)22-4/h5-8H,9-10H2,1-4H3,(H,17,21)(H,18,19). The number of carbonyl (C=O) groups excluding carboxylic acids is 3. The third-order valence-electron chi connectivity index (χ3n) is 2.63. The number of amides is 2. The number of carbonyl (C=O) groups is 3. The lowest BCUT2D eigenvalue weighted by Gasteiger charge is -2.19. The Balaban J connectivity index is 2.49. The van der Waals surface area contributed by atoms with E-state index in [0.717, 1.165) is 0 Å². The molecule has 0 bridgehead atoms. The Morgan fingerprint density at radius 1 is 1.13 bits per heavy atom. The number of ether oxygens (including phenoxy) is 2. The van der Waals surface area contributed by atoms with E-state index in [-0.39, 0.29) is 24.4 Å². The van der Waals surface area contributed by atoms with E-state index in [0.29, 0.717) is 5.69 Å². The Kier molecular flexibility index (Phi) is 6.56. The summed E-state index contributed by atoms with van der Waals surface area (Å²) in [6.07, 6.45) is -0.533. The minimum absolute atomic E-state index is 0.0503. The van der Waals surface area contributed by atoms with Crippen molar-refractivity contribution in [1.82, 2.24) is 5.32 Å². The van der Waals surface area contributed by atoms with Gasteiger partial charge in [-0.3, -0.25) is 4.79 Å². The summed E-state index contributed by atoms with van der Waals surface area (Å²) in [5.41, 5.74) is 0.0382. The summed E-state index contributed by atoms with van der Waals surface area (Å²) in [5, 5.41) is 5.11. The van der Waals surface area contributed by atoms with Gasteiger partial charge in [-0.25, -0.2) is 9.59 Å². The maximum Gasteiger partial charge on any atom is 0.407 e. The van der Waals surface area contributed by atoms with Crippen LogP contribution < -0.4 is 10.6 Å². The molecule has 0 unspecified atom stereocenters. The first kappa shape index (κ1) is 18.5. The smallest absolute Gasteiger partial charge is 0.407 e. The van der Waals surface area contributed by atoms with Crippen LogP contribution in [0.25, 0.3) is 0 Å². The summed E-state index contributed by atoms with van der Waals surface area (Å²) < 4.78 is 9.71. The second-order valence-electron chi connectivity index (χ2n) is 5.76. The van der Waals surface area contributed by atoms with Gasteiger partial charge in [0.1, 0.15) is 5.60 Å². The highest BCUT2D eigenvalue weighted by atomic mass is 16.6. The Labute approximate surface area is 135 Å². The summed E-state index contributed by atoms with van der Waals surface area (Å²) in [6, 6.07) is 6.53. The molecule has 0 radical (unpaired) electrons. The number of para-hydroxylation sites is 1. The van der Waals surface area contributed by atoms with Crippen molar-refractivity contribution in [2.75, 3.05) is 19.0 Å². The van der Waals surface area contributed by atoms with Crippen LogP contribution in [0.2, 0.25) is 0 Å². The van der Waals surface area contributed by atoms with Gasteiger partial charge in [0, 0.05) is 13.0 Å². The summed E-state index contributed by atoms with van der Waals surface area (Å²) in [6.45, 7) is 5.39. The first-order chi connectivity index (χ1) is 10.7. The molecule has 1 aromatic carbocycles.